The third-order valence-corrected chi connectivity index (χ3v) is 1.62. The molecule has 0 heterocycles. The molecule has 0 unspecified atom stereocenters. The molecule has 1 nitrogen and oxygen atoms in total. The fraction of sp³-hybridized carbons (Fsp3) is 0.500. The molecule has 0 saturated carbocycles. The number of rotatable bonds is 2. The second-order valence-electron chi connectivity index (χ2n) is 1.31. The Morgan fingerprint density at radius 1 is 1.88 bits per heavy atom. The van der Waals surface area contributed by atoms with Gasteiger partial charge in [-0.2, -0.15) is 0 Å². The Labute approximate surface area is 54.9 Å². The first-order valence-corrected chi connectivity index (χ1v) is 3.68. The number of hydrogen-bond acceptors (Lipinski definition) is 2. The van der Waals surface area contributed by atoms with Crippen LogP contribution in [0.3, 0.4) is 0 Å². The van der Waals surface area contributed by atoms with Crippen molar-refractivity contribution < 1.29 is 0 Å². The molecule has 8 heavy (non-hydrogen) atoms. The molecule has 0 aromatic heterocycles. The normalized spacial score (nSPS) is 11.5. The Balaban J connectivity index is 3.53. The number of thioether (sulfide) groups is 1. The molecule has 0 aliphatic heterocycles. The fourth-order valence-electron chi connectivity index (χ4n) is 0.389. The summed E-state index contributed by atoms with van der Waals surface area (Å²) in [6.45, 7) is 3.60. The summed E-state index contributed by atoms with van der Waals surface area (Å²) >= 11 is 1.67. The predicted octanol–water partition coefficient (Wildman–Crippen LogP) is 1.95. The average molecular weight is 129 g/mol. The van der Waals surface area contributed by atoms with Gasteiger partial charge < -0.3 is 0 Å². The highest BCUT2D eigenvalue weighted by molar-refractivity contribution is 8.13. The van der Waals surface area contributed by atoms with Crippen LogP contribution in [0.25, 0.3) is 0 Å². The van der Waals surface area contributed by atoms with Crippen molar-refractivity contribution in [1.82, 2.24) is 0 Å². The van der Waals surface area contributed by atoms with Crippen molar-refractivity contribution in [3.05, 3.63) is 12.7 Å². The van der Waals surface area contributed by atoms with Crippen molar-refractivity contribution in [2.45, 2.75) is 6.42 Å². The molecule has 2 heteroatoms. The summed E-state index contributed by atoms with van der Waals surface area (Å²) in [5, 5.41) is 1.14. The van der Waals surface area contributed by atoms with Gasteiger partial charge in [-0.15, -0.1) is 18.3 Å². The van der Waals surface area contributed by atoms with Crippen LogP contribution in [0.5, 0.6) is 0 Å². The number of nitrogens with zero attached hydrogens (tertiary/aromatic N) is 1. The van der Waals surface area contributed by atoms with E-state index in [0.717, 1.165) is 11.5 Å². The molecular formula is C6H11NS. The standard InChI is InChI=1S/C6H11NS/c1-4-5-6(7-2)8-3/h4H,1,5H2,2-3H3. The maximum atomic E-state index is 4.00. The molecule has 0 fully saturated rings. The second-order valence-corrected chi connectivity index (χ2v) is 2.19. The quantitative estimate of drug-likeness (QED) is 0.315. The summed E-state index contributed by atoms with van der Waals surface area (Å²) in [7, 11) is 1.80. The van der Waals surface area contributed by atoms with Gasteiger partial charge in [-0.05, 0) is 6.26 Å². The molecule has 0 aromatic rings. The highest BCUT2D eigenvalue weighted by Gasteiger charge is 1.87. The molecule has 46 valence electrons. The SMILES string of the molecule is C=CCC(=NC)SC. The molecule has 0 spiro atoms. The number of allylic oxidation sites excluding steroid dienone is 1. The van der Waals surface area contributed by atoms with Crippen LogP contribution in [0.1, 0.15) is 6.42 Å². The largest absolute Gasteiger partial charge is 0.286 e. The first-order chi connectivity index (χ1) is 3.85. The van der Waals surface area contributed by atoms with E-state index in [2.05, 4.69) is 11.6 Å². The molecule has 0 saturated heterocycles. The van der Waals surface area contributed by atoms with E-state index in [0.29, 0.717) is 0 Å². The molecule has 0 bridgehead atoms. The predicted molar refractivity (Wildman–Crippen MR) is 41.7 cm³/mol. The second kappa shape index (κ2) is 4.91. The molecule has 0 N–H and O–H groups in total. The van der Waals surface area contributed by atoms with Crippen molar-refractivity contribution in [3.8, 4) is 0 Å². The van der Waals surface area contributed by atoms with E-state index in [4.69, 9.17) is 0 Å². The van der Waals surface area contributed by atoms with Gasteiger partial charge in [0.25, 0.3) is 0 Å². The van der Waals surface area contributed by atoms with E-state index in [1.807, 2.05) is 12.3 Å². The average Bonchev–Trinajstić information content (AvgIpc) is 1.83. The number of hydrogen-bond donors (Lipinski definition) is 0. The van der Waals surface area contributed by atoms with Crippen molar-refractivity contribution in [2.75, 3.05) is 13.3 Å². The summed E-state index contributed by atoms with van der Waals surface area (Å²) in [5.41, 5.74) is 0. The van der Waals surface area contributed by atoms with Crippen LogP contribution >= 0.6 is 11.8 Å². The molecule has 0 aliphatic carbocycles. The van der Waals surface area contributed by atoms with Gasteiger partial charge >= 0.3 is 0 Å². The van der Waals surface area contributed by atoms with E-state index in [1.165, 1.54) is 0 Å². The lowest BCUT2D eigenvalue weighted by atomic mass is 10.5. The van der Waals surface area contributed by atoms with Crippen LogP contribution in [-0.2, 0) is 0 Å². The fourth-order valence-corrected chi connectivity index (χ4v) is 0.856. The van der Waals surface area contributed by atoms with Crippen molar-refractivity contribution >= 4 is 16.8 Å². The molecule has 0 radical (unpaired) electrons. The van der Waals surface area contributed by atoms with Crippen LogP contribution in [0.2, 0.25) is 0 Å². The monoisotopic (exact) mass is 129 g/mol. The van der Waals surface area contributed by atoms with Crippen molar-refractivity contribution in [3.63, 3.8) is 0 Å². The minimum atomic E-state index is 0.900. The Kier molecular flexibility index (Phi) is 4.76. The van der Waals surface area contributed by atoms with Gasteiger partial charge in [0.15, 0.2) is 0 Å². The lowest BCUT2D eigenvalue weighted by Gasteiger charge is -1.92. The maximum Gasteiger partial charge on any atom is 0.0707 e. The molecule has 0 atom stereocenters. The third-order valence-electron chi connectivity index (χ3n) is 0.804. The minimum Gasteiger partial charge on any atom is -0.286 e. The van der Waals surface area contributed by atoms with Gasteiger partial charge in [0.2, 0.25) is 0 Å². The zero-order valence-corrected chi connectivity index (χ0v) is 6.16. The first-order valence-electron chi connectivity index (χ1n) is 2.45. The van der Waals surface area contributed by atoms with Crippen molar-refractivity contribution in [2.24, 2.45) is 4.99 Å². The molecular weight excluding hydrogens is 118 g/mol. The lowest BCUT2D eigenvalue weighted by Crippen LogP contribution is -1.85. The molecule has 0 aliphatic rings. The summed E-state index contributed by atoms with van der Waals surface area (Å²) in [6, 6.07) is 0. The topological polar surface area (TPSA) is 12.4 Å². The van der Waals surface area contributed by atoms with Gasteiger partial charge in [0.1, 0.15) is 0 Å². The Hall–Kier alpha value is -0.240. The maximum absolute atomic E-state index is 4.00. The smallest absolute Gasteiger partial charge is 0.0707 e. The van der Waals surface area contributed by atoms with Crippen molar-refractivity contribution in [1.29, 1.82) is 0 Å². The van der Waals surface area contributed by atoms with Gasteiger partial charge in [-0.1, -0.05) is 6.08 Å². The van der Waals surface area contributed by atoms with Gasteiger partial charge in [0, 0.05) is 13.5 Å². The number of aliphatic imine (C=N–C) groups is 1. The Bertz CT molecular complexity index is 96.7. The van der Waals surface area contributed by atoms with Crippen LogP contribution < -0.4 is 0 Å². The highest BCUT2D eigenvalue weighted by Crippen LogP contribution is 2.01. The Morgan fingerprint density at radius 2 is 2.50 bits per heavy atom. The van der Waals surface area contributed by atoms with Crippen LogP contribution in [0.4, 0.5) is 0 Å². The van der Waals surface area contributed by atoms with Gasteiger partial charge in [-0.25, -0.2) is 0 Å². The molecule has 0 rings (SSSR count). The first kappa shape index (κ1) is 7.76. The van der Waals surface area contributed by atoms with Crippen LogP contribution in [-0.4, -0.2) is 18.3 Å². The lowest BCUT2D eigenvalue weighted by molar-refractivity contribution is 1.40. The van der Waals surface area contributed by atoms with E-state index >= 15 is 0 Å². The van der Waals surface area contributed by atoms with E-state index in [-0.39, 0.29) is 0 Å². The Morgan fingerprint density at radius 3 is 2.62 bits per heavy atom. The molecule has 0 aromatic carbocycles. The van der Waals surface area contributed by atoms with E-state index < -0.39 is 0 Å². The zero-order valence-electron chi connectivity index (χ0n) is 5.35. The van der Waals surface area contributed by atoms with Crippen LogP contribution in [0.15, 0.2) is 17.6 Å². The van der Waals surface area contributed by atoms with E-state index in [9.17, 15) is 0 Å². The van der Waals surface area contributed by atoms with Crippen LogP contribution in [0, 0.1) is 0 Å². The summed E-state index contributed by atoms with van der Waals surface area (Å²) < 4.78 is 0. The summed E-state index contributed by atoms with van der Waals surface area (Å²) in [4.78, 5) is 4.00. The van der Waals surface area contributed by atoms with E-state index in [1.54, 1.807) is 18.8 Å². The summed E-state index contributed by atoms with van der Waals surface area (Å²) in [5.74, 6) is 0. The summed E-state index contributed by atoms with van der Waals surface area (Å²) in [6.07, 6.45) is 4.78. The zero-order chi connectivity index (χ0) is 6.41. The molecule has 0 amide bonds. The van der Waals surface area contributed by atoms with Gasteiger partial charge in [0.05, 0.1) is 5.04 Å². The minimum absolute atomic E-state index is 0.900. The highest BCUT2D eigenvalue weighted by atomic mass is 32.2. The van der Waals surface area contributed by atoms with Gasteiger partial charge in [-0.3, -0.25) is 4.99 Å². The third kappa shape index (κ3) is 2.86.